The molecule has 0 atom stereocenters. The molecule has 0 spiro atoms. The third-order valence-electron chi connectivity index (χ3n) is 1.98. The van der Waals surface area contributed by atoms with Crippen molar-refractivity contribution in [2.45, 2.75) is 0 Å². The smallest absolute Gasteiger partial charge is 0.340 e. The molecule has 18 heavy (non-hydrogen) atoms. The predicted octanol–water partition coefficient (Wildman–Crippen LogP) is 0.701. The lowest BCUT2D eigenvalue weighted by atomic mass is 10.2. The van der Waals surface area contributed by atoms with Crippen molar-refractivity contribution in [3.05, 3.63) is 29.8 Å². The van der Waals surface area contributed by atoms with E-state index in [1.807, 2.05) is 0 Å². The van der Waals surface area contributed by atoms with Gasteiger partial charge >= 0.3 is 5.97 Å². The summed E-state index contributed by atoms with van der Waals surface area (Å²) in [5, 5.41) is 19.4. The highest BCUT2D eigenvalue weighted by Crippen LogP contribution is 2.15. The van der Waals surface area contributed by atoms with Gasteiger partial charge in [-0.05, 0) is 12.1 Å². The molecule has 0 amide bonds. The average molecular weight is 245 g/mol. The summed E-state index contributed by atoms with van der Waals surface area (Å²) in [6.45, 7) is 0. The van der Waals surface area contributed by atoms with Crippen LogP contribution in [0.4, 0.5) is 5.69 Å². The molecule has 92 valence electrons. The van der Waals surface area contributed by atoms with Gasteiger partial charge in [-0.15, -0.1) is 0 Å². The normalized spacial score (nSPS) is 10.3. The van der Waals surface area contributed by atoms with E-state index in [0.29, 0.717) is 5.69 Å². The van der Waals surface area contributed by atoms with Gasteiger partial charge in [-0.1, -0.05) is 12.1 Å². The van der Waals surface area contributed by atoms with E-state index >= 15 is 0 Å². The van der Waals surface area contributed by atoms with Crippen LogP contribution in [-0.4, -0.2) is 24.6 Å². The highest BCUT2D eigenvalue weighted by Gasteiger charge is 2.10. The zero-order valence-corrected chi connectivity index (χ0v) is 9.60. The van der Waals surface area contributed by atoms with E-state index < -0.39 is 11.8 Å². The van der Waals surface area contributed by atoms with Crippen molar-refractivity contribution in [2.24, 2.45) is 10.8 Å². The number of para-hydroxylation sites is 1. The van der Waals surface area contributed by atoms with Crippen LogP contribution >= 0.6 is 0 Å². The van der Waals surface area contributed by atoms with Gasteiger partial charge in [0.1, 0.15) is 6.07 Å². The zero-order chi connectivity index (χ0) is 13.5. The van der Waals surface area contributed by atoms with Crippen LogP contribution < -0.4 is 11.2 Å². The largest absolute Gasteiger partial charge is 0.465 e. The molecule has 0 aliphatic carbocycles. The molecule has 4 N–H and O–H groups in total. The second-order valence-electron chi connectivity index (χ2n) is 3.13. The van der Waals surface area contributed by atoms with Crippen LogP contribution in [0.15, 0.2) is 29.4 Å². The number of nitrogens with zero attached hydrogens (tertiary/aromatic N) is 2. The number of hydrazone groups is 1. The Hall–Kier alpha value is -2.88. The van der Waals surface area contributed by atoms with E-state index in [2.05, 4.69) is 15.3 Å². The number of anilines is 1. The molecule has 0 aliphatic heterocycles. The van der Waals surface area contributed by atoms with Crippen molar-refractivity contribution >= 4 is 23.2 Å². The van der Waals surface area contributed by atoms with Gasteiger partial charge in [0.05, 0.1) is 18.4 Å². The second-order valence-corrected chi connectivity index (χ2v) is 3.13. The Morgan fingerprint density at radius 3 is 2.78 bits per heavy atom. The van der Waals surface area contributed by atoms with Gasteiger partial charge in [0.15, 0.2) is 5.84 Å². The summed E-state index contributed by atoms with van der Waals surface area (Å²) in [7, 11) is 1.26. The third kappa shape index (κ3) is 3.05. The monoisotopic (exact) mass is 245 g/mol. The number of nitrogens with two attached hydrogens (primary N) is 1. The SMILES string of the molecule is COC(=O)c1ccccc1N/N=C(\C#N)C(=N)N. The second kappa shape index (κ2) is 6.00. The van der Waals surface area contributed by atoms with Crippen LogP contribution in [0, 0.1) is 16.7 Å². The summed E-state index contributed by atoms with van der Waals surface area (Å²) < 4.78 is 4.60. The van der Waals surface area contributed by atoms with Crippen LogP contribution in [0.2, 0.25) is 0 Å². The number of carbonyl (C=O) groups excluding carboxylic acids is 1. The van der Waals surface area contributed by atoms with Gasteiger partial charge in [0.25, 0.3) is 0 Å². The van der Waals surface area contributed by atoms with Gasteiger partial charge in [0.2, 0.25) is 5.71 Å². The van der Waals surface area contributed by atoms with Crippen LogP contribution in [-0.2, 0) is 4.74 Å². The Balaban J connectivity index is 3.02. The maximum absolute atomic E-state index is 11.4. The molecular weight excluding hydrogens is 234 g/mol. The Morgan fingerprint density at radius 1 is 1.56 bits per heavy atom. The van der Waals surface area contributed by atoms with Gasteiger partial charge in [-0.3, -0.25) is 10.8 Å². The number of hydrogen-bond donors (Lipinski definition) is 3. The van der Waals surface area contributed by atoms with Crippen LogP contribution in [0.25, 0.3) is 0 Å². The number of hydrogen-bond acceptors (Lipinski definition) is 6. The first-order chi connectivity index (χ1) is 8.60. The molecule has 0 heterocycles. The first kappa shape index (κ1) is 13.2. The van der Waals surface area contributed by atoms with Gasteiger partial charge in [-0.25, -0.2) is 4.79 Å². The van der Waals surface area contributed by atoms with E-state index in [1.54, 1.807) is 30.3 Å². The molecule has 0 radical (unpaired) electrons. The average Bonchev–Trinajstić information content (AvgIpc) is 2.38. The number of ether oxygens (including phenoxy) is 1. The summed E-state index contributed by atoms with van der Waals surface area (Å²) in [6, 6.07) is 8.14. The minimum atomic E-state index is -0.533. The third-order valence-corrected chi connectivity index (χ3v) is 1.98. The molecule has 0 fully saturated rings. The topological polar surface area (TPSA) is 124 Å². The summed E-state index contributed by atoms with van der Waals surface area (Å²) in [5.74, 6) is -0.991. The van der Waals surface area contributed by atoms with Crippen molar-refractivity contribution < 1.29 is 9.53 Å². The van der Waals surface area contributed by atoms with E-state index in [1.165, 1.54) is 7.11 Å². The maximum atomic E-state index is 11.4. The lowest BCUT2D eigenvalue weighted by molar-refractivity contribution is 0.0602. The number of nitriles is 1. The molecule has 0 aliphatic rings. The lowest BCUT2D eigenvalue weighted by Crippen LogP contribution is -2.22. The van der Waals surface area contributed by atoms with Crippen LogP contribution in [0.5, 0.6) is 0 Å². The summed E-state index contributed by atoms with van der Waals surface area (Å²) in [5.41, 5.74) is 8.00. The first-order valence-electron chi connectivity index (χ1n) is 4.85. The number of amidine groups is 1. The summed E-state index contributed by atoms with van der Waals surface area (Å²) in [4.78, 5) is 11.4. The van der Waals surface area contributed by atoms with Crippen molar-refractivity contribution in [3.8, 4) is 6.07 Å². The molecular formula is C11H11N5O2. The van der Waals surface area contributed by atoms with Gasteiger partial charge < -0.3 is 10.5 Å². The van der Waals surface area contributed by atoms with E-state index in [4.69, 9.17) is 16.4 Å². The minimum Gasteiger partial charge on any atom is -0.465 e. The maximum Gasteiger partial charge on any atom is 0.340 e. The molecule has 0 unspecified atom stereocenters. The number of esters is 1. The number of methoxy groups -OCH3 is 1. The Kier molecular flexibility index (Phi) is 4.40. The fourth-order valence-corrected chi connectivity index (χ4v) is 1.13. The molecule has 7 heteroatoms. The summed E-state index contributed by atoms with van der Waals surface area (Å²) in [6.07, 6.45) is 0. The fourth-order valence-electron chi connectivity index (χ4n) is 1.13. The molecule has 0 saturated heterocycles. The van der Waals surface area contributed by atoms with Crippen molar-refractivity contribution in [1.29, 1.82) is 10.7 Å². The fraction of sp³-hybridized carbons (Fsp3) is 0.0909. The number of benzene rings is 1. The van der Waals surface area contributed by atoms with Crippen molar-refractivity contribution in [1.82, 2.24) is 0 Å². The molecule has 1 aromatic carbocycles. The molecule has 1 rings (SSSR count). The lowest BCUT2D eigenvalue weighted by Gasteiger charge is -2.06. The Bertz CT molecular complexity index is 545. The van der Waals surface area contributed by atoms with Crippen LogP contribution in [0.3, 0.4) is 0 Å². The van der Waals surface area contributed by atoms with Crippen molar-refractivity contribution in [2.75, 3.05) is 12.5 Å². The molecule has 0 saturated carbocycles. The first-order valence-corrected chi connectivity index (χ1v) is 4.85. The van der Waals surface area contributed by atoms with Crippen LogP contribution in [0.1, 0.15) is 10.4 Å². The highest BCUT2D eigenvalue weighted by atomic mass is 16.5. The van der Waals surface area contributed by atoms with E-state index in [9.17, 15) is 4.79 Å². The quantitative estimate of drug-likeness (QED) is 0.311. The standard InChI is InChI=1S/C11H11N5O2/c1-18-11(17)7-4-2-3-5-8(7)15-16-9(6-12)10(13)14/h2-5,15H,1H3,(H3,13,14)/b16-9+. The van der Waals surface area contributed by atoms with Crippen molar-refractivity contribution in [3.63, 3.8) is 0 Å². The Labute approximate surface area is 103 Å². The van der Waals surface area contributed by atoms with E-state index in [-0.39, 0.29) is 11.3 Å². The van der Waals surface area contributed by atoms with Gasteiger partial charge in [0, 0.05) is 0 Å². The van der Waals surface area contributed by atoms with E-state index in [0.717, 1.165) is 0 Å². The number of carbonyl (C=O) groups is 1. The Morgan fingerprint density at radius 2 is 2.22 bits per heavy atom. The molecule has 1 aromatic rings. The number of rotatable bonds is 4. The predicted molar refractivity (Wildman–Crippen MR) is 66.4 cm³/mol. The summed E-state index contributed by atoms with van der Waals surface area (Å²) >= 11 is 0. The highest BCUT2D eigenvalue weighted by molar-refractivity contribution is 6.45. The zero-order valence-electron chi connectivity index (χ0n) is 9.60. The molecule has 7 nitrogen and oxygen atoms in total. The molecule has 0 bridgehead atoms. The molecule has 0 aromatic heterocycles. The number of nitrogens with one attached hydrogen (secondary N) is 2. The van der Waals surface area contributed by atoms with Gasteiger partial charge in [-0.2, -0.15) is 10.4 Å². The minimum absolute atomic E-state index is 0.268.